The van der Waals surface area contributed by atoms with Crippen LogP contribution in [0.1, 0.15) is 17.5 Å². The number of anilines is 1. The third kappa shape index (κ3) is 4.50. The Morgan fingerprint density at radius 1 is 1.08 bits per heavy atom. The Hall–Kier alpha value is -2.64. The second-order valence-electron chi connectivity index (χ2n) is 6.13. The van der Waals surface area contributed by atoms with Crippen molar-refractivity contribution >= 4 is 11.7 Å². The average Bonchev–Trinajstić information content (AvgIpc) is 2.66. The van der Waals surface area contributed by atoms with E-state index in [1.165, 1.54) is 6.07 Å². The van der Waals surface area contributed by atoms with Crippen LogP contribution >= 0.6 is 0 Å². The van der Waals surface area contributed by atoms with Crippen molar-refractivity contribution in [3.05, 3.63) is 54.0 Å². The fourth-order valence-corrected chi connectivity index (χ4v) is 2.88. The molecule has 3 rings (SSSR count). The minimum Gasteiger partial charge on any atom is -0.353 e. The lowest BCUT2D eigenvalue weighted by Gasteiger charge is -2.35. The Balaban J connectivity index is 1.50. The zero-order valence-corrected chi connectivity index (χ0v) is 14.1. The highest BCUT2D eigenvalue weighted by atomic mass is 19.4. The molecular weight excluding hydrogens is 345 g/mol. The number of carbonyl (C=O) groups is 1. The lowest BCUT2D eigenvalue weighted by atomic mass is 10.1. The number of aryl methyl sites for hydroxylation is 1. The molecule has 2 aromatic rings. The second-order valence-corrected chi connectivity index (χ2v) is 6.13. The topological polar surface area (TPSA) is 49.3 Å². The van der Waals surface area contributed by atoms with Crippen molar-refractivity contribution in [3.63, 3.8) is 0 Å². The molecule has 1 amide bonds. The minimum atomic E-state index is -4.38. The molecule has 0 spiro atoms. The van der Waals surface area contributed by atoms with E-state index in [9.17, 15) is 18.0 Å². The van der Waals surface area contributed by atoms with Gasteiger partial charge < -0.3 is 9.80 Å². The lowest BCUT2D eigenvalue weighted by Crippen LogP contribution is -2.49. The summed E-state index contributed by atoms with van der Waals surface area (Å²) in [7, 11) is 0. The summed E-state index contributed by atoms with van der Waals surface area (Å²) in [5, 5.41) is 0. The van der Waals surface area contributed by atoms with Gasteiger partial charge in [0.05, 0.1) is 5.56 Å². The van der Waals surface area contributed by atoms with E-state index in [1.807, 2.05) is 17.0 Å². The van der Waals surface area contributed by atoms with Crippen molar-refractivity contribution in [2.24, 2.45) is 0 Å². The first-order valence-corrected chi connectivity index (χ1v) is 8.38. The average molecular weight is 364 g/mol. The molecule has 0 bridgehead atoms. The van der Waals surface area contributed by atoms with Crippen molar-refractivity contribution in [1.29, 1.82) is 0 Å². The fraction of sp³-hybridized carbons (Fsp3) is 0.389. The van der Waals surface area contributed by atoms with Gasteiger partial charge in [-0.25, -0.2) is 4.98 Å². The molecule has 8 heteroatoms. The summed E-state index contributed by atoms with van der Waals surface area (Å²) in [6, 6.07) is 6.20. The summed E-state index contributed by atoms with van der Waals surface area (Å²) < 4.78 is 37.8. The predicted molar refractivity (Wildman–Crippen MR) is 90.6 cm³/mol. The number of halogens is 3. The first kappa shape index (κ1) is 18.2. The molecule has 26 heavy (non-hydrogen) atoms. The molecule has 3 heterocycles. The first-order chi connectivity index (χ1) is 12.4. The van der Waals surface area contributed by atoms with Gasteiger partial charge >= 0.3 is 6.18 Å². The Kier molecular flexibility index (Phi) is 5.39. The molecule has 0 radical (unpaired) electrons. The van der Waals surface area contributed by atoms with E-state index in [4.69, 9.17) is 0 Å². The van der Waals surface area contributed by atoms with Crippen molar-refractivity contribution in [2.75, 3.05) is 31.1 Å². The first-order valence-electron chi connectivity index (χ1n) is 8.38. The highest BCUT2D eigenvalue weighted by Gasteiger charge is 2.31. The van der Waals surface area contributed by atoms with Gasteiger partial charge in [-0.2, -0.15) is 13.2 Å². The van der Waals surface area contributed by atoms with E-state index >= 15 is 0 Å². The number of alkyl halides is 3. The summed E-state index contributed by atoms with van der Waals surface area (Å²) >= 11 is 0. The summed E-state index contributed by atoms with van der Waals surface area (Å²) in [6.07, 6.45) is 0.977. The maximum absolute atomic E-state index is 12.6. The van der Waals surface area contributed by atoms with Gasteiger partial charge in [0.15, 0.2) is 0 Å². The molecule has 0 N–H and O–H groups in total. The van der Waals surface area contributed by atoms with E-state index in [2.05, 4.69) is 9.97 Å². The van der Waals surface area contributed by atoms with Gasteiger partial charge in [0, 0.05) is 51.2 Å². The Morgan fingerprint density at radius 2 is 1.85 bits per heavy atom. The monoisotopic (exact) mass is 364 g/mol. The van der Waals surface area contributed by atoms with Crippen LogP contribution in [0, 0.1) is 0 Å². The van der Waals surface area contributed by atoms with Crippen LogP contribution in [0.3, 0.4) is 0 Å². The van der Waals surface area contributed by atoms with Crippen molar-refractivity contribution in [1.82, 2.24) is 14.9 Å². The SMILES string of the molecule is O=C(CCc1cccnc1)N1CCN(c2ccc(C(F)(F)F)cn2)CC1. The highest BCUT2D eigenvalue weighted by Crippen LogP contribution is 2.29. The van der Waals surface area contributed by atoms with Crippen molar-refractivity contribution in [2.45, 2.75) is 19.0 Å². The van der Waals surface area contributed by atoms with Crippen LogP contribution in [0.25, 0.3) is 0 Å². The highest BCUT2D eigenvalue weighted by molar-refractivity contribution is 5.76. The largest absolute Gasteiger partial charge is 0.417 e. The van der Waals surface area contributed by atoms with Crippen molar-refractivity contribution < 1.29 is 18.0 Å². The lowest BCUT2D eigenvalue weighted by molar-refractivity contribution is -0.137. The number of hydrogen-bond donors (Lipinski definition) is 0. The molecule has 0 saturated carbocycles. The molecule has 1 aliphatic rings. The van der Waals surface area contributed by atoms with Crippen LogP contribution in [0.2, 0.25) is 0 Å². The molecule has 2 aromatic heterocycles. The number of aromatic nitrogens is 2. The fourth-order valence-electron chi connectivity index (χ4n) is 2.88. The van der Waals surface area contributed by atoms with Crippen LogP contribution in [0.4, 0.5) is 19.0 Å². The van der Waals surface area contributed by atoms with Gasteiger partial charge in [0.1, 0.15) is 5.82 Å². The molecule has 1 fully saturated rings. The van der Waals surface area contributed by atoms with Crippen LogP contribution < -0.4 is 4.90 Å². The number of carbonyl (C=O) groups excluding carboxylic acids is 1. The zero-order valence-electron chi connectivity index (χ0n) is 14.1. The Labute approximate surface area is 149 Å². The Morgan fingerprint density at radius 3 is 2.42 bits per heavy atom. The normalized spacial score (nSPS) is 15.2. The predicted octanol–water partition coefficient (Wildman–Crippen LogP) is 2.78. The third-order valence-corrected chi connectivity index (χ3v) is 4.38. The van der Waals surface area contributed by atoms with Crippen LogP contribution in [-0.2, 0) is 17.4 Å². The molecule has 0 unspecified atom stereocenters. The molecule has 0 aromatic carbocycles. The standard InChI is InChI=1S/C18H19F3N4O/c19-18(20,21)15-4-5-16(23-13-15)24-8-10-25(11-9-24)17(26)6-3-14-2-1-7-22-12-14/h1-2,4-5,7,12-13H,3,6,8-11H2. The molecule has 5 nitrogen and oxygen atoms in total. The van der Waals surface area contributed by atoms with Gasteiger partial charge in [-0.1, -0.05) is 6.07 Å². The van der Waals surface area contributed by atoms with E-state index in [1.54, 1.807) is 17.3 Å². The summed E-state index contributed by atoms with van der Waals surface area (Å²) in [6.45, 7) is 2.18. The van der Waals surface area contributed by atoms with Gasteiger partial charge in [-0.05, 0) is 30.2 Å². The minimum absolute atomic E-state index is 0.0777. The molecule has 138 valence electrons. The maximum Gasteiger partial charge on any atom is 0.417 e. The molecule has 1 aliphatic heterocycles. The molecule has 0 atom stereocenters. The van der Waals surface area contributed by atoms with Crippen molar-refractivity contribution in [3.8, 4) is 0 Å². The third-order valence-electron chi connectivity index (χ3n) is 4.38. The van der Waals surface area contributed by atoms with Gasteiger partial charge in [-0.15, -0.1) is 0 Å². The van der Waals surface area contributed by atoms with Crippen LogP contribution in [0.5, 0.6) is 0 Å². The van der Waals surface area contributed by atoms with E-state index in [-0.39, 0.29) is 5.91 Å². The van der Waals surface area contributed by atoms with Crippen LogP contribution in [0.15, 0.2) is 42.9 Å². The number of nitrogens with zero attached hydrogens (tertiary/aromatic N) is 4. The van der Waals surface area contributed by atoms with E-state index in [0.29, 0.717) is 44.8 Å². The smallest absolute Gasteiger partial charge is 0.353 e. The van der Waals surface area contributed by atoms with Gasteiger partial charge in [0.2, 0.25) is 5.91 Å². The van der Waals surface area contributed by atoms with Gasteiger partial charge in [0.25, 0.3) is 0 Å². The summed E-state index contributed by atoms with van der Waals surface area (Å²) in [5.41, 5.74) is 0.263. The quantitative estimate of drug-likeness (QED) is 0.837. The van der Waals surface area contributed by atoms with E-state index < -0.39 is 11.7 Å². The second kappa shape index (κ2) is 7.72. The number of pyridine rings is 2. The Bertz CT molecular complexity index is 726. The number of hydrogen-bond acceptors (Lipinski definition) is 4. The van der Waals surface area contributed by atoms with Gasteiger partial charge in [-0.3, -0.25) is 9.78 Å². The molecule has 0 aliphatic carbocycles. The number of piperazine rings is 1. The maximum atomic E-state index is 12.6. The summed E-state index contributed by atoms with van der Waals surface area (Å²) in [5.74, 6) is 0.578. The molecule has 1 saturated heterocycles. The van der Waals surface area contributed by atoms with E-state index in [0.717, 1.165) is 17.8 Å². The number of amides is 1. The molecular formula is C18H19F3N4O. The number of rotatable bonds is 4. The van der Waals surface area contributed by atoms with Crippen LogP contribution in [-0.4, -0.2) is 47.0 Å². The summed E-state index contributed by atoms with van der Waals surface area (Å²) in [4.78, 5) is 23.9. The zero-order chi connectivity index (χ0) is 18.6.